The van der Waals surface area contributed by atoms with Crippen LogP contribution in [0.2, 0.25) is 0 Å². The largest absolute Gasteiger partial charge is 0.431 e. The number of nitrogens with one attached hydrogen (secondary N) is 1. The summed E-state index contributed by atoms with van der Waals surface area (Å²) < 4.78 is 5.36. The first-order valence-corrected chi connectivity index (χ1v) is 4.90. The van der Waals surface area contributed by atoms with Gasteiger partial charge in [-0.15, -0.1) is 0 Å². The molecule has 1 heterocycles. The van der Waals surface area contributed by atoms with Crippen LogP contribution >= 0.6 is 11.8 Å². The minimum atomic E-state index is 0.605. The van der Waals surface area contributed by atoms with Crippen molar-refractivity contribution in [3.8, 4) is 0 Å². The molecule has 1 aromatic carbocycles. The van der Waals surface area contributed by atoms with E-state index in [0.29, 0.717) is 10.9 Å². The highest BCUT2D eigenvalue weighted by molar-refractivity contribution is 7.98. The van der Waals surface area contributed by atoms with E-state index in [4.69, 9.17) is 9.62 Å². The number of anilines is 1. The van der Waals surface area contributed by atoms with Crippen LogP contribution in [0.3, 0.4) is 0 Å². The van der Waals surface area contributed by atoms with Crippen molar-refractivity contribution in [2.75, 3.05) is 11.7 Å². The van der Waals surface area contributed by atoms with Crippen LogP contribution in [-0.4, -0.2) is 16.4 Å². The summed E-state index contributed by atoms with van der Waals surface area (Å²) in [6, 6.07) is 5.21. The van der Waals surface area contributed by atoms with E-state index in [0.717, 1.165) is 11.1 Å². The van der Waals surface area contributed by atoms with Crippen molar-refractivity contribution in [1.29, 1.82) is 0 Å². The number of fused-ring (bicyclic) bond motifs is 1. The Morgan fingerprint density at radius 1 is 1.54 bits per heavy atom. The molecule has 2 aromatic rings. The van der Waals surface area contributed by atoms with Crippen molar-refractivity contribution in [3.63, 3.8) is 0 Å². The topological polar surface area (TPSA) is 58.3 Å². The van der Waals surface area contributed by atoms with Crippen LogP contribution in [-0.2, 0) is 0 Å². The van der Waals surface area contributed by atoms with Gasteiger partial charge >= 0.3 is 0 Å². The number of nitrogens with zero attached hydrogens (tertiary/aromatic N) is 1. The van der Waals surface area contributed by atoms with Crippen LogP contribution in [0.25, 0.3) is 11.1 Å². The Kier molecular flexibility index (Phi) is 2.12. The van der Waals surface area contributed by atoms with Crippen molar-refractivity contribution in [2.45, 2.75) is 5.22 Å². The summed E-state index contributed by atoms with van der Waals surface area (Å²) in [5, 5.41) is 9.28. The number of oxazole rings is 1. The second kappa shape index (κ2) is 3.27. The van der Waals surface area contributed by atoms with Crippen LogP contribution in [0.15, 0.2) is 27.8 Å². The summed E-state index contributed by atoms with van der Waals surface area (Å²) in [5.74, 6) is 0. The van der Waals surface area contributed by atoms with E-state index in [1.54, 1.807) is 18.2 Å². The molecule has 0 radical (unpaired) electrons. The predicted octanol–water partition coefficient (Wildman–Crippen LogP) is 2.35. The molecule has 0 atom stereocenters. The normalized spacial score (nSPS) is 10.6. The molecule has 0 saturated carbocycles. The average Bonchev–Trinajstić information content (AvgIpc) is 2.58. The highest BCUT2D eigenvalue weighted by atomic mass is 32.2. The van der Waals surface area contributed by atoms with Gasteiger partial charge in [0.2, 0.25) is 0 Å². The zero-order valence-corrected chi connectivity index (χ0v) is 7.76. The van der Waals surface area contributed by atoms with Gasteiger partial charge in [-0.1, -0.05) is 11.8 Å². The van der Waals surface area contributed by atoms with Gasteiger partial charge < -0.3 is 4.42 Å². The van der Waals surface area contributed by atoms with E-state index >= 15 is 0 Å². The zero-order valence-electron chi connectivity index (χ0n) is 6.94. The van der Waals surface area contributed by atoms with Crippen LogP contribution in [0.1, 0.15) is 0 Å². The molecule has 0 bridgehead atoms. The molecule has 0 saturated heterocycles. The summed E-state index contributed by atoms with van der Waals surface area (Å²) in [4.78, 5) is 4.18. The zero-order chi connectivity index (χ0) is 9.26. The predicted molar refractivity (Wildman–Crippen MR) is 51.2 cm³/mol. The van der Waals surface area contributed by atoms with Crippen molar-refractivity contribution in [3.05, 3.63) is 18.2 Å². The Balaban J connectivity index is 2.57. The van der Waals surface area contributed by atoms with Crippen molar-refractivity contribution >= 4 is 28.5 Å². The fraction of sp³-hybridized carbons (Fsp3) is 0.125. The molecule has 0 aliphatic carbocycles. The standard InChI is InChI=1S/C8H8N2O2S/c1-13-8-9-6-4-5(10-11)2-3-7(6)12-8/h2-4,10-11H,1H3. The molecule has 2 rings (SSSR count). The maximum atomic E-state index is 8.65. The fourth-order valence-corrected chi connectivity index (χ4v) is 1.43. The van der Waals surface area contributed by atoms with Gasteiger partial charge in [-0.2, -0.15) is 0 Å². The van der Waals surface area contributed by atoms with E-state index < -0.39 is 0 Å². The number of benzene rings is 1. The van der Waals surface area contributed by atoms with Crippen molar-refractivity contribution in [2.24, 2.45) is 0 Å². The van der Waals surface area contributed by atoms with Gasteiger partial charge in [-0.25, -0.2) is 4.98 Å². The molecular weight excluding hydrogens is 188 g/mol. The summed E-state index contributed by atoms with van der Waals surface area (Å²) in [7, 11) is 0. The first-order valence-electron chi connectivity index (χ1n) is 3.68. The number of thioether (sulfide) groups is 1. The van der Waals surface area contributed by atoms with E-state index in [1.165, 1.54) is 11.8 Å². The second-order valence-corrected chi connectivity index (χ2v) is 3.24. The number of hydrogen-bond acceptors (Lipinski definition) is 5. The van der Waals surface area contributed by atoms with Crippen molar-refractivity contribution < 1.29 is 9.62 Å². The highest BCUT2D eigenvalue weighted by Crippen LogP contribution is 2.23. The molecule has 4 nitrogen and oxygen atoms in total. The minimum Gasteiger partial charge on any atom is -0.431 e. The van der Waals surface area contributed by atoms with E-state index in [2.05, 4.69) is 10.5 Å². The summed E-state index contributed by atoms with van der Waals surface area (Å²) in [6.07, 6.45) is 1.90. The summed E-state index contributed by atoms with van der Waals surface area (Å²) >= 11 is 1.45. The molecule has 1 aromatic heterocycles. The molecule has 0 spiro atoms. The maximum Gasteiger partial charge on any atom is 0.256 e. The van der Waals surface area contributed by atoms with E-state index in [9.17, 15) is 0 Å². The van der Waals surface area contributed by atoms with Gasteiger partial charge in [0.05, 0.1) is 5.69 Å². The molecule has 13 heavy (non-hydrogen) atoms. The highest BCUT2D eigenvalue weighted by Gasteiger charge is 2.04. The molecule has 68 valence electrons. The number of rotatable bonds is 2. The summed E-state index contributed by atoms with van der Waals surface area (Å²) in [5.41, 5.74) is 4.13. The fourth-order valence-electron chi connectivity index (χ4n) is 1.06. The Hall–Kier alpha value is -1.20. The molecule has 0 aliphatic rings. The Bertz CT molecular complexity index is 425. The number of hydrogen-bond donors (Lipinski definition) is 2. The molecule has 0 unspecified atom stereocenters. The lowest BCUT2D eigenvalue weighted by atomic mass is 10.3. The molecule has 5 heteroatoms. The lowest BCUT2D eigenvalue weighted by Gasteiger charge is -1.94. The third kappa shape index (κ3) is 1.48. The van der Waals surface area contributed by atoms with Gasteiger partial charge in [0.25, 0.3) is 5.22 Å². The van der Waals surface area contributed by atoms with Gasteiger partial charge in [0.15, 0.2) is 5.58 Å². The van der Waals surface area contributed by atoms with Crippen molar-refractivity contribution in [1.82, 2.24) is 4.98 Å². The second-order valence-electron chi connectivity index (χ2n) is 2.48. The first kappa shape index (κ1) is 8.40. The molecule has 0 fully saturated rings. The average molecular weight is 196 g/mol. The van der Waals surface area contributed by atoms with Crippen LogP contribution < -0.4 is 5.48 Å². The van der Waals surface area contributed by atoms with Gasteiger partial charge in [-0.3, -0.25) is 10.7 Å². The smallest absolute Gasteiger partial charge is 0.256 e. The molecular formula is C8H8N2O2S. The first-order chi connectivity index (χ1) is 6.33. The van der Waals surface area contributed by atoms with Gasteiger partial charge in [0.1, 0.15) is 5.52 Å². The lowest BCUT2D eigenvalue weighted by molar-refractivity contribution is 0.389. The van der Waals surface area contributed by atoms with E-state index in [-0.39, 0.29) is 0 Å². The summed E-state index contributed by atoms with van der Waals surface area (Å²) in [6.45, 7) is 0. The van der Waals surface area contributed by atoms with Gasteiger partial charge in [0, 0.05) is 0 Å². The van der Waals surface area contributed by atoms with Crippen LogP contribution in [0.4, 0.5) is 5.69 Å². The van der Waals surface area contributed by atoms with Gasteiger partial charge in [-0.05, 0) is 24.5 Å². The molecule has 2 N–H and O–H groups in total. The Labute approximate surface area is 78.9 Å². The van der Waals surface area contributed by atoms with Crippen LogP contribution in [0.5, 0.6) is 0 Å². The SMILES string of the molecule is CSc1nc2cc(NO)ccc2o1. The monoisotopic (exact) mass is 196 g/mol. The Morgan fingerprint density at radius 2 is 2.38 bits per heavy atom. The molecule has 0 amide bonds. The maximum absolute atomic E-state index is 8.65. The lowest BCUT2D eigenvalue weighted by Crippen LogP contribution is -1.87. The number of aromatic nitrogens is 1. The third-order valence-electron chi connectivity index (χ3n) is 1.67. The minimum absolute atomic E-state index is 0.605. The molecule has 0 aliphatic heterocycles. The van der Waals surface area contributed by atoms with E-state index in [1.807, 2.05) is 6.26 Å². The Morgan fingerprint density at radius 3 is 3.08 bits per heavy atom. The third-order valence-corrected chi connectivity index (χ3v) is 2.20. The van der Waals surface area contributed by atoms with Crippen LogP contribution in [0, 0.1) is 0 Å². The quantitative estimate of drug-likeness (QED) is 0.570.